The van der Waals surface area contributed by atoms with Crippen molar-refractivity contribution in [2.24, 2.45) is 5.73 Å². The number of nitriles is 1. The summed E-state index contributed by atoms with van der Waals surface area (Å²) < 4.78 is 19.4. The highest BCUT2D eigenvalue weighted by atomic mass is 79.9. The zero-order chi connectivity index (χ0) is 26.4. The first-order valence-electron chi connectivity index (χ1n) is 11.6. The van der Waals surface area contributed by atoms with Crippen molar-refractivity contribution < 1.29 is 13.9 Å². The number of hydrogen-bond acceptors (Lipinski definition) is 7. The number of fused-ring (bicyclic) bond motifs is 2. The number of halogens is 1. The normalized spacial score (nSPS) is 14.6. The van der Waals surface area contributed by atoms with Gasteiger partial charge in [0.05, 0.1) is 29.8 Å². The van der Waals surface area contributed by atoms with E-state index in [0.29, 0.717) is 39.5 Å². The Balaban J connectivity index is 1.69. The fraction of sp³-hybridized carbons (Fsp3) is 0.0690. The summed E-state index contributed by atoms with van der Waals surface area (Å²) in [5, 5.41) is 15.7. The van der Waals surface area contributed by atoms with Gasteiger partial charge in [0.1, 0.15) is 28.7 Å². The smallest absolute Gasteiger partial charge is 0.345 e. The van der Waals surface area contributed by atoms with Gasteiger partial charge in [0, 0.05) is 15.9 Å². The van der Waals surface area contributed by atoms with Gasteiger partial charge in [0.25, 0.3) is 0 Å². The molecule has 0 fully saturated rings. The molecular formula is C29H19BrN4O4. The van der Waals surface area contributed by atoms with E-state index >= 15 is 0 Å². The summed E-state index contributed by atoms with van der Waals surface area (Å²) in [4.78, 5) is 13.4. The standard InChI is InChI=1S/C29H19BrN4O4/c1-36-18-12-11-16-13-20(29(35)37-23(16)14-18)26-25-24(19-9-5-6-10-22(19)30)21(15-31)27(32)38-28(25)34(33-26)17-7-3-2-4-8-17/h2-14,24H,32H2,1H3. The van der Waals surface area contributed by atoms with Crippen LogP contribution < -0.4 is 20.8 Å². The van der Waals surface area contributed by atoms with Gasteiger partial charge in [0.2, 0.25) is 11.8 Å². The molecule has 2 aromatic heterocycles. The largest absolute Gasteiger partial charge is 0.497 e. The number of aromatic nitrogens is 2. The third-order valence-corrected chi connectivity index (χ3v) is 7.19. The Kier molecular flexibility index (Phi) is 5.74. The number of nitrogens with two attached hydrogens (primary N) is 1. The van der Waals surface area contributed by atoms with Crippen LogP contribution in [0.4, 0.5) is 0 Å². The van der Waals surface area contributed by atoms with E-state index in [9.17, 15) is 10.1 Å². The number of para-hydroxylation sites is 1. The minimum absolute atomic E-state index is 0.0259. The Morgan fingerprint density at radius 3 is 2.58 bits per heavy atom. The average molecular weight is 567 g/mol. The molecular weight excluding hydrogens is 548 g/mol. The fourth-order valence-corrected chi connectivity index (χ4v) is 5.20. The van der Waals surface area contributed by atoms with Crippen molar-refractivity contribution in [1.29, 1.82) is 5.26 Å². The van der Waals surface area contributed by atoms with Gasteiger partial charge in [-0.1, -0.05) is 52.3 Å². The SMILES string of the molecule is COc1ccc2cc(-c3nn(-c4ccccc4)c4c3C(c3ccccc3Br)C(C#N)=C(N)O4)c(=O)oc2c1. The molecule has 0 saturated carbocycles. The molecule has 9 heteroatoms. The Bertz CT molecular complexity index is 1850. The molecule has 0 spiro atoms. The molecule has 8 nitrogen and oxygen atoms in total. The van der Waals surface area contributed by atoms with Gasteiger partial charge < -0.3 is 19.6 Å². The third-order valence-electron chi connectivity index (χ3n) is 6.46. The van der Waals surface area contributed by atoms with E-state index in [1.807, 2.05) is 60.7 Å². The van der Waals surface area contributed by atoms with E-state index in [-0.39, 0.29) is 17.0 Å². The van der Waals surface area contributed by atoms with E-state index in [4.69, 9.17) is 24.7 Å². The quantitative estimate of drug-likeness (QED) is 0.280. The fourth-order valence-electron chi connectivity index (χ4n) is 4.69. The average Bonchev–Trinajstić information content (AvgIpc) is 3.31. The molecule has 0 saturated heterocycles. The first kappa shape index (κ1) is 23.6. The Labute approximate surface area is 225 Å². The van der Waals surface area contributed by atoms with E-state index < -0.39 is 11.5 Å². The monoisotopic (exact) mass is 566 g/mol. The van der Waals surface area contributed by atoms with E-state index in [0.717, 1.165) is 10.0 Å². The maximum absolute atomic E-state index is 13.4. The second-order valence-electron chi connectivity index (χ2n) is 8.61. The molecule has 186 valence electrons. The minimum atomic E-state index is -0.655. The van der Waals surface area contributed by atoms with Crippen LogP contribution in [0.2, 0.25) is 0 Å². The Hall–Kier alpha value is -4.81. The van der Waals surface area contributed by atoms with Gasteiger partial charge in [-0.25, -0.2) is 4.79 Å². The molecule has 5 aromatic rings. The number of methoxy groups -OCH3 is 1. The maximum Gasteiger partial charge on any atom is 0.345 e. The lowest BCUT2D eigenvalue weighted by Crippen LogP contribution is -2.22. The molecule has 2 N–H and O–H groups in total. The van der Waals surface area contributed by atoms with Crippen LogP contribution in [-0.4, -0.2) is 16.9 Å². The van der Waals surface area contributed by atoms with Crippen LogP contribution in [0, 0.1) is 11.3 Å². The molecule has 0 radical (unpaired) electrons. The van der Waals surface area contributed by atoms with Crippen molar-refractivity contribution in [3.05, 3.63) is 116 Å². The predicted molar refractivity (Wildman–Crippen MR) is 145 cm³/mol. The van der Waals surface area contributed by atoms with Gasteiger partial charge in [-0.3, -0.25) is 0 Å². The summed E-state index contributed by atoms with van der Waals surface area (Å²) >= 11 is 3.62. The first-order valence-corrected chi connectivity index (χ1v) is 12.4. The highest BCUT2D eigenvalue weighted by molar-refractivity contribution is 9.10. The number of benzene rings is 3. The number of ether oxygens (including phenoxy) is 2. The number of nitrogens with zero attached hydrogens (tertiary/aromatic N) is 3. The summed E-state index contributed by atoms with van der Waals surface area (Å²) in [6.07, 6.45) is 0. The van der Waals surface area contributed by atoms with E-state index in [2.05, 4.69) is 22.0 Å². The van der Waals surface area contributed by atoms with Gasteiger partial charge in [-0.2, -0.15) is 15.0 Å². The predicted octanol–water partition coefficient (Wildman–Crippen LogP) is 5.63. The number of allylic oxidation sites excluding steroid dienone is 1. The first-order chi connectivity index (χ1) is 18.5. The third kappa shape index (κ3) is 3.74. The van der Waals surface area contributed by atoms with Crippen LogP contribution in [0.1, 0.15) is 17.0 Å². The molecule has 1 aliphatic heterocycles. The molecule has 0 amide bonds. The van der Waals surface area contributed by atoms with Crippen LogP contribution in [0.15, 0.2) is 104 Å². The van der Waals surface area contributed by atoms with E-state index in [1.54, 1.807) is 30.0 Å². The minimum Gasteiger partial charge on any atom is -0.497 e. The van der Waals surface area contributed by atoms with Gasteiger partial charge in [-0.15, -0.1) is 0 Å². The van der Waals surface area contributed by atoms with E-state index in [1.165, 1.54) is 0 Å². The van der Waals surface area contributed by atoms with Crippen LogP contribution in [0.25, 0.3) is 27.9 Å². The Morgan fingerprint density at radius 2 is 1.84 bits per heavy atom. The highest BCUT2D eigenvalue weighted by Gasteiger charge is 2.39. The van der Waals surface area contributed by atoms with Crippen molar-refractivity contribution >= 4 is 26.9 Å². The van der Waals surface area contributed by atoms with Crippen LogP contribution in [-0.2, 0) is 0 Å². The molecule has 0 aliphatic carbocycles. The van der Waals surface area contributed by atoms with Crippen LogP contribution >= 0.6 is 15.9 Å². The van der Waals surface area contributed by atoms with Gasteiger partial charge >= 0.3 is 5.63 Å². The van der Waals surface area contributed by atoms with Crippen molar-refractivity contribution in [3.63, 3.8) is 0 Å². The van der Waals surface area contributed by atoms with Crippen LogP contribution in [0.3, 0.4) is 0 Å². The van der Waals surface area contributed by atoms with Crippen LogP contribution in [0.5, 0.6) is 11.6 Å². The maximum atomic E-state index is 13.4. The summed E-state index contributed by atoms with van der Waals surface area (Å²) in [5.41, 5.74) is 8.88. The molecule has 1 atom stereocenters. The molecule has 1 unspecified atom stereocenters. The molecule has 3 aromatic carbocycles. The lowest BCUT2D eigenvalue weighted by molar-refractivity contribution is 0.367. The summed E-state index contributed by atoms with van der Waals surface area (Å²) in [6, 6.07) is 26.1. The van der Waals surface area contributed by atoms with Gasteiger partial charge in [-0.05, 0) is 42.0 Å². The summed E-state index contributed by atoms with van der Waals surface area (Å²) in [6.45, 7) is 0. The second-order valence-corrected chi connectivity index (χ2v) is 9.47. The molecule has 0 bridgehead atoms. The molecule has 6 rings (SSSR count). The topological polar surface area (TPSA) is 116 Å². The second kappa shape index (κ2) is 9.25. The number of hydrogen-bond donors (Lipinski definition) is 1. The highest BCUT2D eigenvalue weighted by Crippen LogP contribution is 2.48. The Morgan fingerprint density at radius 1 is 1.08 bits per heavy atom. The van der Waals surface area contributed by atoms with Crippen molar-refractivity contribution in [2.45, 2.75) is 5.92 Å². The van der Waals surface area contributed by atoms with Crippen molar-refractivity contribution in [3.8, 4) is 34.6 Å². The van der Waals surface area contributed by atoms with Crippen molar-refractivity contribution in [1.82, 2.24) is 9.78 Å². The van der Waals surface area contributed by atoms with Gasteiger partial charge in [0.15, 0.2) is 0 Å². The summed E-state index contributed by atoms with van der Waals surface area (Å²) in [7, 11) is 1.55. The molecule has 1 aliphatic rings. The lowest BCUT2D eigenvalue weighted by Gasteiger charge is -2.25. The zero-order valence-electron chi connectivity index (χ0n) is 20.0. The van der Waals surface area contributed by atoms with Crippen molar-refractivity contribution in [2.75, 3.05) is 7.11 Å². The lowest BCUT2D eigenvalue weighted by atomic mass is 9.83. The number of rotatable bonds is 4. The molecule has 3 heterocycles. The molecule has 38 heavy (non-hydrogen) atoms. The zero-order valence-corrected chi connectivity index (χ0v) is 21.6. The summed E-state index contributed by atoms with van der Waals surface area (Å²) in [5.74, 6) is 0.207.